The standard InChI is InChI=1S/C10H10NO2/c11-6-8-1-2-10(7-13)9(5-8)3-4-12/h1-2,5,12H,3-4,7H2. The minimum atomic E-state index is -0.305. The highest BCUT2D eigenvalue weighted by molar-refractivity contribution is 5.38. The van der Waals surface area contributed by atoms with Gasteiger partial charge in [-0.3, -0.25) is 0 Å². The molecule has 0 heterocycles. The van der Waals surface area contributed by atoms with Gasteiger partial charge in [0.25, 0.3) is 0 Å². The fraction of sp³-hybridized carbons (Fsp3) is 0.300. The molecule has 1 radical (unpaired) electrons. The summed E-state index contributed by atoms with van der Waals surface area (Å²) in [4.78, 5) is 0. The first-order valence-electron chi connectivity index (χ1n) is 4.02. The minimum Gasteiger partial charge on any atom is -0.396 e. The first-order chi connectivity index (χ1) is 6.31. The summed E-state index contributed by atoms with van der Waals surface area (Å²) in [5.41, 5.74) is 1.96. The van der Waals surface area contributed by atoms with Crippen LogP contribution in [-0.2, 0) is 18.1 Å². The third kappa shape index (κ3) is 2.28. The average Bonchev–Trinajstić information content (AvgIpc) is 2.18. The van der Waals surface area contributed by atoms with Crippen LogP contribution in [0, 0.1) is 11.3 Å². The van der Waals surface area contributed by atoms with Crippen molar-refractivity contribution in [1.82, 2.24) is 0 Å². The molecule has 3 heteroatoms. The predicted molar refractivity (Wildman–Crippen MR) is 46.3 cm³/mol. The zero-order valence-electron chi connectivity index (χ0n) is 7.16. The van der Waals surface area contributed by atoms with Gasteiger partial charge in [-0.05, 0) is 29.7 Å². The van der Waals surface area contributed by atoms with Crippen molar-refractivity contribution in [3.05, 3.63) is 34.9 Å². The Kier molecular flexibility index (Phi) is 3.44. The van der Waals surface area contributed by atoms with Gasteiger partial charge in [-0.15, -0.1) is 0 Å². The van der Waals surface area contributed by atoms with Crippen LogP contribution in [0.25, 0.3) is 0 Å². The molecule has 0 amide bonds. The molecule has 0 fully saturated rings. The Morgan fingerprint density at radius 1 is 1.38 bits per heavy atom. The first kappa shape index (κ1) is 9.72. The smallest absolute Gasteiger partial charge is 0.108 e. The topological polar surface area (TPSA) is 63.9 Å². The molecule has 0 aliphatic rings. The van der Waals surface area contributed by atoms with Gasteiger partial charge in [-0.25, -0.2) is 5.11 Å². The van der Waals surface area contributed by atoms with E-state index >= 15 is 0 Å². The fourth-order valence-electron chi connectivity index (χ4n) is 1.19. The van der Waals surface area contributed by atoms with E-state index < -0.39 is 0 Å². The molecule has 1 N–H and O–H groups in total. The van der Waals surface area contributed by atoms with Crippen LogP contribution in [0.1, 0.15) is 16.7 Å². The number of rotatable bonds is 3. The lowest BCUT2D eigenvalue weighted by molar-refractivity contribution is 0.176. The van der Waals surface area contributed by atoms with E-state index in [0.717, 1.165) is 5.56 Å². The lowest BCUT2D eigenvalue weighted by atomic mass is 10.0. The first-order valence-corrected chi connectivity index (χ1v) is 4.02. The van der Waals surface area contributed by atoms with Crippen molar-refractivity contribution < 1.29 is 10.2 Å². The Balaban J connectivity index is 3.04. The van der Waals surface area contributed by atoms with Crippen LogP contribution in [0.3, 0.4) is 0 Å². The van der Waals surface area contributed by atoms with Gasteiger partial charge in [0.2, 0.25) is 0 Å². The summed E-state index contributed by atoms with van der Waals surface area (Å²) in [6.45, 7) is -0.303. The van der Waals surface area contributed by atoms with Crippen molar-refractivity contribution >= 4 is 0 Å². The van der Waals surface area contributed by atoms with Crippen LogP contribution in [-0.4, -0.2) is 11.7 Å². The van der Waals surface area contributed by atoms with E-state index in [1.165, 1.54) is 0 Å². The van der Waals surface area contributed by atoms with E-state index in [2.05, 4.69) is 0 Å². The number of aliphatic hydroxyl groups is 1. The van der Waals surface area contributed by atoms with E-state index in [1.54, 1.807) is 18.2 Å². The summed E-state index contributed by atoms with van der Waals surface area (Å²) in [5, 5.41) is 28.0. The van der Waals surface area contributed by atoms with Crippen LogP contribution in [0.4, 0.5) is 0 Å². The summed E-state index contributed by atoms with van der Waals surface area (Å²) in [5.74, 6) is 0. The quantitative estimate of drug-likeness (QED) is 0.747. The van der Waals surface area contributed by atoms with E-state index in [4.69, 9.17) is 10.4 Å². The summed E-state index contributed by atoms with van der Waals surface area (Å²) in [7, 11) is 0. The molecule has 0 unspecified atom stereocenters. The predicted octanol–water partition coefficient (Wildman–Crippen LogP) is 1.02. The van der Waals surface area contributed by atoms with Crippen LogP contribution < -0.4 is 0 Å². The Bertz CT molecular complexity index is 328. The zero-order chi connectivity index (χ0) is 9.68. The lowest BCUT2D eigenvalue weighted by Crippen LogP contribution is -1.97. The van der Waals surface area contributed by atoms with E-state index in [9.17, 15) is 5.11 Å². The number of aliphatic hydroxyl groups excluding tert-OH is 1. The molecular formula is C10H10NO2. The summed E-state index contributed by atoms with van der Waals surface area (Å²) in [6.07, 6.45) is 0.438. The van der Waals surface area contributed by atoms with Crippen LogP contribution in [0.2, 0.25) is 0 Å². The molecule has 0 atom stereocenters. The van der Waals surface area contributed by atoms with Gasteiger partial charge in [-0.1, -0.05) is 6.07 Å². The van der Waals surface area contributed by atoms with Crippen molar-refractivity contribution in [2.75, 3.05) is 6.61 Å². The highest BCUT2D eigenvalue weighted by Gasteiger charge is 2.02. The average molecular weight is 176 g/mol. The van der Waals surface area contributed by atoms with Crippen LogP contribution in [0.5, 0.6) is 0 Å². The molecular weight excluding hydrogens is 166 g/mol. The molecule has 0 aromatic heterocycles. The zero-order valence-corrected chi connectivity index (χ0v) is 7.16. The second-order valence-corrected chi connectivity index (χ2v) is 2.71. The molecule has 13 heavy (non-hydrogen) atoms. The van der Waals surface area contributed by atoms with Gasteiger partial charge in [0, 0.05) is 6.61 Å². The molecule has 1 aromatic rings. The summed E-state index contributed by atoms with van der Waals surface area (Å²) in [6, 6.07) is 6.92. The molecule has 0 spiro atoms. The highest BCUT2D eigenvalue weighted by Crippen LogP contribution is 2.12. The summed E-state index contributed by atoms with van der Waals surface area (Å²) < 4.78 is 0. The molecule has 0 saturated carbocycles. The van der Waals surface area contributed by atoms with Crippen molar-refractivity contribution in [1.29, 1.82) is 5.26 Å². The van der Waals surface area contributed by atoms with Crippen molar-refractivity contribution in [3.8, 4) is 6.07 Å². The third-order valence-corrected chi connectivity index (χ3v) is 1.87. The largest absolute Gasteiger partial charge is 0.396 e. The van der Waals surface area contributed by atoms with Crippen molar-refractivity contribution in [2.45, 2.75) is 13.0 Å². The molecule has 0 bridgehead atoms. The number of benzene rings is 1. The maximum absolute atomic E-state index is 10.7. The molecule has 0 aliphatic carbocycles. The molecule has 0 aliphatic heterocycles. The molecule has 67 valence electrons. The normalized spacial score (nSPS) is 9.62. The minimum absolute atomic E-state index is 0.00187. The van der Waals surface area contributed by atoms with E-state index in [0.29, 0.717) is 17.5 Å². The van der Waals surface area contributed by atoms with E-state index in [-0.39, 0.29) is 13.2 Å². The van der Waals surface area contributed by atoms with Gasteiger partial charge in [-0.2, -0.15) is 5.26 Å². The summed E-state index contributed by atoms with van der Waals surface area (Å²) >= 11 is 0. The van der Waals surface area contributed by atoms with Gasteiger partial charge in [0.1, 0.15) is 6.61 Å². The number of nitrogens with zero attached hydrogens (tertiary/aromatic N) is 1. The maximum atomic E-state index is 10.7. The number of hydrogen-bond acceptors (Lipinski definition) is 2. The number of hydrogen-bond donors (Lipinski definition) is 1. The lowest BCUT2D eigenvalue weighted by Gasteiger charge is -2.04. The van der Waals surface area contributed by atoms with Crippen LogP contribution in [0.15, 0.2) is 18.2 Å². The molecule has 1 rings (SSSR count). The highest BCUT2D eigenvalue weighted by atomic mass is 16.3. The Morgan fingerprint density at radius 3 is 2.69 bits per heavy atom. The molecule has 1 aromatic carbocycles. The Hall–Kier alpha value is -1.37. The SMILES string of the molecule is N#Cc1ccc(C[O])c(CCO)c1. The third-order valence-electron chi connectivity index (χ3n) is 1.87. The van der Waals surface area contributed by atoms with Gasteiger partial charge < -0.3 is 5.11 Å². The molecule has 0 saturated heterocycles. The van der Waals surface area contributed by atoms with Crippen molar-refractivity contribution in [3.63, 3.8) is 0 Å². The fourth-order valence-corrected chi connectivity index (χ4v) is 1.19. The van der Waals surface area contributed by atoms with Gasteiger partial charge in [0.05, 0.1) is 11.6 Å². The Labute approximate surface area is 76.9 Å². The van der Waals surface area contributed by atoms with E-state index in [1.807, 2.05) is 6.07 Å². The second kappa shape index (κ2) is 4.61. The Morgan fingerprint density at radius 2 is 2.15 bits per heavy atom. The van der Waals surface area contributed by atoms with Gasteiger partial charge in [0.15, 0.2) is 0 Å². The number of nitriles is 1. The van der Waals surface area contributed by atoms with Gasteiger partial charge >= 0.3 is 0 Å². The molecule has 3 nitrogen and oxygen atoms in total. The second-order valence-electron chi connectivity index (χ2n) is 2.71. The van der Waals surface area contributed by atoms with Crippen LogP contribution >= 0.6 is 0 Å². The monoisotopic (exact) mass is 176 g/mol. The maximum Gasteiger partial charge on any atom is 0.108 e. The van der Waals surface area contributed by atoms with Crippen molar-refractivity contribution in [2.24, 2.45) is 0 Å².